The Morgan fingerprint density at radius 1 is 1.12 bits per heavy atom. The normalized spacial score (nSPS) is 10.0. The van der Waals surface area contributed by atoms with Crippen molar-refractivity contribution in [3.63, 3.8) is 0 Å². The van der Waals surface area contributed by atoms with E-state index in [0.29, 0.717) is 32.4 Å². The van der Waals surface area contributed by atoms with Gasteiger partial charge in [0.05, 0.1) is 6.61 Å². The van der Waals surface area contributed by atoms with Crippen LogP contribution in [0.25, 0.3) is 0 Å². The SMILES string of the molecule is CCOC(=O)CCCCCNC(=O)CCCO. The number of unbranched alkanes of at least 4 members (excludes halogenated alkanes) is 2. The van der Waals surface area contributed by atoms with Crippen LogP contribution in [0.2, 0.25) is 0 Å². The fraction of sp³-hybridized carbons (Fsp3) is 0.833. The van der Waals surface area contributed by atoms with Crippen molar-refractivity contribution >= 4 is 11.9 Å². The molecule has 0 aromatic rings. The summed E-state index contributed by atoms with van der Waals surface area (Å²) in [5, 5.41) is 11.3. The molecule has 0 aliphatic rings. The first-order chi connectivity index (χ1) is 8.20. The Labute approximate surface area is 103 Å². The lowest BCUT2D eigenvalue weighted by molar-refractivity contribution is -0.143. The van der Waals surface area contributed by atoms with Crippen LogP contribution in [0.15, 0.2) is 0 Å². The van der Waals surface area contributed by atoms with E-state index in [1.165, 1.54) is 0 Å². The van der Waals surface area contributed by atoms with Crippen LogP contribution in [0.5, 0.6) is 0 Å². The zero-order valence-electron chi connectivity index (χ0n) is 10.5. The Bertz CT molecular complexity index is 219. The van der Waals surface area contributed by atoms with Crippen LogP contribution in [0.3, 0.4) is 0 Å². The van der Waals surface area contributed by atoms with E-state index in [9.17, 15) is 9.59 Å². The van der Waals surface area contributed by atoms with Gasteiger partial charge in [-0.05, 0) is 26.2 Å². The number of aliphatic hydroxyl groups excluding tert-OH is 1. The molecule has 0 saturated carbocycles. The number of amides is 1. The number of esters is 1. The second-order valence-corrected chi connectivity index (χ2v) is 3.79. The minimum Gasteiger partial charge on any atom is -0.466 e. The smallest absolute Gasteiger partial charge is 0.305 e. The second-order valence-electron chi connectivity index (χ2n) is 3.79. The lowest BCUT2D eigenvalue weighted by Crippen LogP contribution is -2.24. The first kappa shape index (κ1) is 15.9. The maximum atomic E-state index is 11.1. The predicted octanol–water partition coefficient (Wildman–Crippen LogP) is 0.999. The van der Waals surface area contributed by atoms with E-state index in [-0.39, 0.29) is 18.5 Å². The number of carbonyl (C=O) groups excluding carboxylic acids is 2. The second kappa shape index (κ2) is 11.4. The highest BCUT2D eigenvalue weighted by Crippen LogP contribution is 2.00. The molecule has 17 heavy (non-hydrogen) atoms. The van der Waals surface area contributed by atoms with E-state index in [1.807, 2.05) is 0 Å². The summed E-state index contributed by atoms with van der Waals surface area (Å²) in [4.78, 5) is 22.1. The topological polar surface area (TPSA) is 75.6 Å². The Hall–Kier alpha value is -1.10. The zero-order chi connectivity index (χ0) is 12.9. The molecule has 0 aromatic heterocycles. The summed E-state index contributed by atoms with van der Waals surface area (Å²) in [6.45, 7) is 2.90. The van der Waals surface area contributed by atoms with Crippen LogP contribution in [0, 0.1) is 0 Å². The van der Waals surface area contributed by atoms with E-state index in [4.69, 9.17) is 9.84 Å². The van der Waals surface area contributed by atoms with Gasteiger partial charge in [-0.3, -0.25) is 9.59 Å². The highest BCUT2D eigenvalue weighted by Gasteiger charge is 2.02. The van der Waals surface area contributed by atoms with Gasteiger partial charge in [-0.2, -0.15) is 0 Å². The van der Waals surface area contributed by atoms with Crippen LogP contribution in [0.1, 0.15) is 45.4 Å². The molecular formula is C12H23NO4. The molecule has 0 atom stereocenters. The van der Waals surface area contributed by atoms with E-state index in [1.54, 1.807) is 6.92 Å². The minimum atomic E-state index is -0.153. The third-order valence-electron chi connectivity index (χ3n) is 2.25. The molecule has 0 radical (unpaired) electrons. The summed E-state index contributed by atoms with van der Waals surface area (Å²) in [6, 6.07) is 0. The molecule has 0 bridgehead atoms. The van der Waals surface area contributed by atoms with Crippen LogP contribution in [-0.2, 0) is 14.3 Å². The lowest BCUT2D eigenvalue weighted by atomic mass is 10.2. The maximum Gasteiger partial charge on any atom is 0.305 e. The molecule has 0 fully saturated rings. The predicted molar refractivity (Wildman–Crippen MR) is 64.4 cm³/mol. The highest BCUT2D eigenvalue weighted by atomic mass is 16.5. The third-order valence-corrected chi connectivity index (χ3v) is 2.25. The van der Waals surface area contributed by atoms with Crippen molar-refractivity contribution in [2.75, 3.05) is 19.8 Å². The molecular weight excluding hydrogens is 222 g/mol. The number of hydrogen-bond acceptors (Lipinski definition) is 4. The molecule has 100 valence electrons. The van der Waals surface area contributed by atoms with Gasteiger partial charge in [-0.15, -0.1) is 0 Å². The van der Waals surface area contributed by atoms with E-state index in [0.717, 1.165) is 19.3 Å². The quantitative estimate of drug-likeness (QED) is 0.445. The summed E-state index contributed by atoms with van der Waals surface area (Å²) in [5.41, 5.74) is 0. The molecule has 5 nitrogen and oxygen atoms in total. The zero-order valence-corrected chi connectivity index (χ0v) is 10.5. The molecule has 0 saturated heterocycles. The summed E-state index contributed by atoms with van der Waals surface area (Å²) >= 11 is 0. The van der Waals surface area contributed by atoms with E-state index < -0.39 is 0 Å². The van der Waals surface area contributed by atoms with E-state index >= 15 is 0 Å². The van der Waals surface area contributed by atoms with Crippen molar-refractivity contribution in [3.05, 3.63) is 0 Å². The average Bonchev–Trinajstić information content (AvgIpc) is 2.31. The molecule has 5 heteroatoms. The molecule has 0 rings (SSSR count). The van der Waals surface area contributed by atoms with Crippen molar-refractivity contribution in [1.82, 2.24) is 5.32 Å². The maximum absolute atomic E-state index is 11.1. The third kappa shape index (κ3) is 11.2. The Morgan fingerprint density at radius 3 is 2.53 bits per heavy atom. The van der Waals surface area contributed by atoms with Crippen molar-refractivity contribution in [2.24, 2.45) is 0 Å². The van der Waals surface area contributed by atoms with Crippen LogP contribution in [0.4, 0.5) is 0 Å². The van der Waals surface area contributed by atoms with Gasteiger partial charge >= 0.3 is 5.97 Å². The van der Waals surface area contributed by atoms with Crippen LogP contribution < -0.4 is 5.32 Å². The van der Waals surface area contributed by atoms with Gasteiger partial charge in [0.2, 0.25) is 5.91 Å². The molecule has 2 N–H and O–H groups in total. The number of ether oxygens (including phenoxy) is 1. The lowest BCUT2D eigenvalue weighted by Gasteiger charge is -2.04. The van der Waals surface area contributed by atoms with Gasteiger partial charge in [-0.1, -0.05) is 6.42 Å². The minimum absolute atomic E-state index is 0.0237. The van der Waals surface area contributed by atoms with Gasteiger partial charge < -0.3 is 15.2 Å². The largest absolute Gasteiger partial charge is 0.466 e. The summed E-state index contributed by atoms with van der Waals surface area (Å²) in [7, 11) is 0. The van der Waals surface area contributed by atoms with Crippen molar-refractivity contribution in [1.29, 1.82) is 0 Å². The van der Waals surface area contributed by atoms with Crippen LogP contribution >= 0.6 is 0 Å². The Kier molecular flexibility index (Phi) is 10.7. The number of nitrogens with one attached hydrogen (secondary N) is 1. The summed E-state index contributed by atoms with van der Waals surface area (Å²) in [5.74, 6) is -0.177. The van der Waals surface area contributed by atoms with Crippen molar-refractivity contribution in [3.8, 4) is 0 Å². The van der Waals surface area contributed by atoms with Crippen molar-refractivity contribution < 1.29 is 19.4 Å². The Balaban J connectivity index is 3.23. The number of rotatable bonds is 10. The van der Waals surface area contributed by atoms with Crippen molar-refractivity contribution in [2.45, 2.75) is 45.4 Å². The molecule has 0 spiro atoms. The van der Waals surface area contributed by atoms with Crippen LogP contribution in [-0.4, -0.2) is 36.7 Å². The van der Waals surface area contributed by atoms with Gasteiger partial charge in [0.25, 0.3) is 0 Å². The molecule has 0 heterocycles. The standard InChI is InChI=1S/C12H23NO4/c1-2-17-12(16)8-4-3-5-9-13-11(15)7-6-10-14/h14H,2-10H2,1H3,(H,13,15). The molecule has 0 aromatic carbocycles. The molecule has 0 aliphatic carbocycles. The molecule has 0 unspecified atom stereocenters. The van der Waals surface area contributed by atoms with Gasteiger partial charge in [0.1, 0.15) is 0 Å². The number of carbonyl (C=O) groups is 2. The summed E-state index contributed by atoms with van der Waals surface area (Å²) < 4.78 is 4.80. The fourth-order valence-corrected chi connectivity index (χ4v) is 1.36. The Morgan fingerprint density at radius 2 is 1.88 bits per heavy atom. The number of aliphatic hydroxyl groups is 1. The van der Waals surface area contributed by atoms with Gasteiger partial charge in [0.15, 0.2) is 0 Å². The van der Waals surface area contributed by atoms with E-state index in [2.05, 4.69) is 5.32 Å². The number of hydrogen-bond donors (Lipinski definition) is 2. The first-order valence-electron chi connectivity index (χ1n) is 6.24. The first-order valence-corrected chi connectivity index (χ1v) is 6.24. The summed E-state index contributed by atoms with van der Waals surface area (Å²) in [6.07, 6.45) is 3.90. The van der Waals surface area contributed by atoms with Gasteiger partial charge in [-0.25, -0.2) is 0 Å². The monoisotopic (exact) mass is 245 g/mol. The highest BCUT2D eigenvalue weighted by molar-refractivity contribution is 5.75. The molecule has 1 amide bonds. The fourth-order valence-electron chi connectivity index (χ4n) is 1.36. The molecule has 0 aliphatic heterocycles. The average molecular weight is 245 g/mol. The van der Waals surface area contributed by atoms with Gasteiger partial charge in [0, 0.05) is 26.0 Å².